The fourth-order valence-electron chi connectivity index (χ4n) is 2.23. The summed E-state index contributed by atoms with van der Waals surface area (Å²) in [5.41, 5.74) is 1.46. The standard InChI is InChI=1S/C13H14N4O2/c18-13(12-10-14-19-15-12)17-8-6-16(7-9-17)11-4-2-1-3-5-11/h1-5,10H,6-9H2. The summed E-state index contributed by atoms with van der Waals surface area (Å²) in [5.74, 6) is -0.117. The minimum Gasteiger partial charge on any atom is -0.368 e. The molecule has 1 aromatic carbocycles. The van der Waals surface area contributed by atoms with Gasteiger partial charge in [0.1, 0.15) is 6.20 Å². The van der Waals surface area contributed by atoms with Crippen molar-refractivity contribution in [3.63, 3.8) is 0 Å². The number of anilines is 1. The molecule has 1 fully saturated rings. The summed E-state index contributed by atoms with van der Waals surface area (Å²) in [6, 6.07) is 10.2. The number of para-hydroxylation sites is 1. The molecule has 19 heavy (non-hydrogen) atoms. The zero-order chi connectivity index (χ0) is 13.1. The second kappa shape index (κ2) is 5.09. The molecule has 0 unspecified atom stereocenters. The summed E-state index contributed by atoms with van der Waals surface area (Å²) >= 11 is 0. The molecule has 0 bridgehead atoms. The van der Waals surface area contributed by atoms with Gasteiger partial charge in [0.15, 0.2) is 5.69 Å². The summed E-state index contributed by atoms with van der Waals surface area (Å²) < 4.78 is 4.46. The first kappa shape index (κ1) is 11.7. The van der Waals surface area contributed by atoms with Crippen LogP contribution in [-0.2, 0) is 0 Å². The van der Waals surface area contributed by atoms with Crippen LogP contribution in [0.3, 0.4) is 0 Å². The summed E-state index contributed by atoms with van der Waals surface area (Å²) in [7, 11) is 0. The Morgan fingerprint density at radius 3 is 2.47 bits per heavy atom. The Hall–Kier alpha value is -2.37. The topological polar surface area (TPSA) is 62.5 Å². The number of hydrogen-bond donors (Lipinski definition) is 0. The van der Waals surface area contributed by atoms with Gasteiger partial charge in [0.05, 0.1) is 0 Å². The smallest absolute Gasteiger partial charge is 0.277 e. The molecule has 98 valence electrons. The molecule has 1 saturated heterocycles. The van der Waals surface area contributed by atoms with Gasteiger partial charge in [-0.3, -0.25) is 4.79 Å². The van der Waals surface area contributed by atoms with E-state index in [1.165, 1.54) is 11.9 Å². The first-order valence-corrected chi connectivity index (χ1v) is 6.21. The molecule has 1 aromatic heterocycles. The monoisotopic (exact) mass is 258 g/mol. The van der Waals surface area contributed by atoms with Gasteiger partial charge in [0.25, 0.3) is 5.91 Å². The van der Waals surface area contributed by atoms with Crippen LogP contribution in [0.15, 0.2) is 41.2 Å². The summed E-state index contributed by atoms with van der Waals surface area (Å²) in [6.07, 6.45) is 1.35. The SMILES string of the molecule is O=C(c1cnon1)N1CCN(c2ccccc2)CC1. The number of benzene rings is 1. The first-order valence-electron chi connectivity index (χ1n) is 6.21. The van der Waals surface area contributed by atoms with Crippen LogP contribution in [-0.4, -0.2) is 47.3 Å². The third kappa shape index (κ3) is 2.42. The summed E-state index contributed by atoms with van der Waals surface area (Å²) in [6.45, 7) is 3.00. The average molecular weight is 258 g/mol. The quantitative estimate of drug-likeness (QED) is 0.805. The van der Waals surface area contributed by atoms with E-state index in [1.807, 2.05) is 18.2 Å². The lowest BCUT2D eigenvalue weighted by molar-refractivity contribution is 0.0735. The maximum Gasteiger partial charge on any atom is 0.277 e. The molecular weight excluding hydrogens is 244 g/mol. The van der Waals surface area contributed by atoms with Gasteiger partial charge in [0.2, 0.25) is 0 Å². The van der Waals surface area contributed by atoms with Crippen molar-refractivity contribution < 1.29 is 9.42 Å². The molecule has 1 aliphatic heterocycles. The molecule has 2 heterocycles. The van der Waals surface area contributed by atoms with Gasteiger partial charge in [-0.15, -0.1) is 0 Å². The van der Waals surface area contributed by atoms with Crippen LogP contribution in [0.5, 0.6) is 0 Å². The minimum atomic E-state index is -0.117. The van der Waals surface area contributed by atoms with E-state index >= 15 is 0 Å². The van der Waals surface area contributed by atoms with Gasteiger partial charge in [-0.1, -0.05) is 23.4 Å². The van der Waals surface area contributed by atoms with Crippen LogP contribution in [0.1, 0.15) is 10.5 Å². The second-order valence-corrected chi connectivity index (χ2v) is 4.41. The summed E-state index contributed by atoms with van der Waals surface area (Å²) in [4.78, 5) is 16.1. The summed E-state index contributed by atoms with van der Waals surface area (Å²) in [5, 5.41) is 7.03. The van der Waals surface area contributed by atoms with Gasteiger partial charge in [0, 0.05) is 31.9 Å². The number of carbonyl (C=O) groups excluding carboxylic acids is 1. The van der Waals surface area contributed by atoms with Crippen molar-refractivity contribution in [2.24, 2.45) is 0 Å². The zero-order valence-electron chi connectivity index (χ0n) is 10.4. The van der Waals surface area contributed by atoms with Crippen molar-refractivity contribution in [1.29, 1.82) is 0 Å². The molecule has 3 rings (SSSR count). The third-order valence-corrected chi connectivity index (χ3v) is 3.27. The molecule has 0 atom stereocenters. The first-order chi connectivity index (χ1) is 9.34. The maximum atomic E-state index is 12.0. The van der Waals surface area contributed by atoms with E-state index in [9.17, 15) is 4.79 Å². The lowest BCUT2D eigenvalue weighted by Gasteiger charge is -2.35. The minimum absolute atomic E-state index is 0.117. The van der Waals surface area contributed by atoms with Gasteiger partial charge in [-0.2, -0.15) is 0 Å². The van der Waals surface area contributed by atoms with E-state index in [1.54, 1.807) is 4.90 Å². The molecule has 0 saturated carbocycles. The van der Waals surface area contributed by atoms with E-state index in [0.29, 0.717) is 13.1 Å². The molecule has 0 spiro atoms. The average Bonchev–Trinajstić information content (AvgIpc) is 3.02. The van der Waals surface area contributed by atoms with Crippen LogP contribution in [0.25, 0.3) is 0 Å². The van der Waals surface area contributed by atoms with Gasteiger partial charge < -0.3 is 9.80 Å². The largest absolute Gasteiger partial charge is 0.368 e. The maximum absolute atomic E-state index is 12.0. The van der Waals surface area contributed by atoms with Crippen molar-refractivity contribution in [2.45, 2.75) is 0 Å². The number of aromatic nitrogens is 2. The third-order valence-electron chi connectivity index (χ3n) is 3.27. The van der Waals surface area contributed by atoms with Crippen molar-refractivity contribution >= 4 is 11.6 Å². The van der Waals surface area contributed by atoms with Crippen LogP contribution in [0.4, 0.5) is 5.69 Å². The Kier molecular flexibility index (Phi) is 3.14. The van der Waals surface area contributed by atoms with Gasteiger partial charge in [-0.25, -0.2) is 4.63 Å². The van der Waals surface area contributed by atoms with Crippen molar-refractivity contribution in [1.82, 2.24) is 15.2 Å². The Morgan fingerprint density at radius 2 is 1.84 bits per heavy atom. The number of nitrogens with zero attached hydrogens (tertiary/aromatic N) is 4. The molecule has 0 aliphatic carbocycles. The van der Waals surface area contributed by atoms with E-state index < -0.39 is 0 Å². The van der Waals surface area contributed by atoms with E-state index in [2.05, 4.69) is 32.0 Å². The number of carbonyl (C=O) groups is 1. The van der Waals surface area contributed by atoms with Crippen LogP contribution >= 0.6 is 0 Å². The van der Waals surface area contributed by atoms with Gasteiger partial charge >= 0.3 is 0 Å². The Morgan fingerprint density at radius 1 is 1.11 bits per heavy atom. The van der Waals surface area contributed by atoms with Crippen LogP contribution in [0.2, 0.25) is 0 Å². The normalized spacial score (nSPS) is 15.6. The molecule has 2 aromatic rings. The predicted octanol–water partition coefficient (Wildman–Crippen LogP) is 1.03. The van der Waals surface area contributed by atoms with Crippen molar-refractivity contribution in [2.75, 3.05) is 31.1 Å². The molecule has 6 heteroatoms. The molecule has 0 radical (unpaired) electrons. The van der Waals surface area contributed by atoms with E-state index in [-0.39, 0.29) is 11.6 Å². The Balaban J connectivity index is 1.62. The number of rotatable bonds is 2. The lowest BCUT2D eigenvalue weighted by atomic mass is 10.2. The molecule has 0 N–H and O–H groups in total. The Bertz CT molecular complexity index is 533. The predicted molar refractivity (Wildman–Crippen MR) is 68.9 cm³/mol. The lowest BCUT2D eigenvalue weighted by Crippen LogP contribution is -2.48. The zero-order valence-corrected chi connectivity index (χ0v) is 10.4. The van der Waals surface area contributed by atoms with Crippen molar-refractivity contribution in [3.8, 4) is 0 Å². The fourth-order valence-corrected chi connectivity index (χ4v) is 2.23. The molecular formula is C13H14N4O2. The Labute approximate surface area is 110 Å². The highest BCUT2D eigenvalue weighted by atomic mass is 16.6. The highest BCUT2D eigenvalue weighted by Gasteiger charge is 2.24. The molecule has 1 aliphatic rings. The number of amides is 1. The number of piperazine rings is 1. The molecule has 1 amide bonds. The van der Waals surface area contributed by atoms with Crippen molar-refractivity contribution in [3.05, 3.63) is 42.2 Å². The fraction of sp³-hybridized carbons (Fsp3) is 0.308. The highest BCUT2D eigenvalue weighted by molar-refractivity contribution is 5.91. The van der Waals surface area contributed by atoms with Gasteiger partial charge in [-0.05, 0) is 17.3 Å². The van der Waals surface area contributed by atoms with E-state index in [0.717, 1.165) is 13.1 Å². The van der Waals surface area contributed by atoms with Crippen LogP contribution in [0, 0.1) is 0 Å². The van der Waals surface area contributed by atoms with Crippen LogP contribution < -0.4 is 4.90 Å². The number of hydrogen-bond acceptors (Lipinski definition) is 5. The molecule has 6 nitrogen and oxygen atoms in total. The van der Waals surface area contributed by atoms with E-state index in [4.69, 9.17) is 0 Å². The highest BCUT2D eigenvalue weighted by Crippen LogP contribution is 2.16. The second-order valence-electron chi connectivity index (χ2n) is 4.41.